The minimum absolute atomic E-state index is 0.178. The highest BCUT2D eigenvalue weighted by Crippen LogP contribution is 2.30. The van der Waals surface area contributed by atoms with E-state index in [-0.39, 0.29) is 23.5 Å². The fourth-order valence-corrected chi connectivity index (χ4v) is 2.02. The second kappa shape index (κ2) is 6.31. The van der Waals surface area contributed by atoms with Crippen molar-refractivity contribution >= 4 is 27.7 Å². The van der Waals surface area contributed by atoms with Crippen LogP contribution in [0.3, 0.4) is 0 Å². The van der Waals surface area contributed by atoms with Gasteiger partial charge in [0.15, 0.2) is 0 Å². The number of esters is 1. The molecule has 0 amide bonds. The van der Waals surface area contributed by atoms with Crippen molar-refractivity contribution in [2.24, 2.45) is 0 Å². The molecule has 94 valence electrons. The Bertz CT molecular complexity index is 519. The maximum atomic E-state index is 11.8. The summed E-state index contributed by atoms with van der Waals surface area (Å²) in [5.41, 5.74) is 0.900. The predicted octanol–water partition coefficient (Wildman–Crippen LogP) is 2.76. The molecule has 0 N–H and O–H groups in total. The van der Waals surface area contributed by atoms with Gasteiger partial charge in [-0.15, -0.1) is 0 Å². The van der Waals surface area contributed by atoms with Gasteiger partial charge in [-0.2, -0.15) is 5.26 Å². The topological polar surface area (TPSA) is 67.2 Å². The lowest BCUT2D eigenvalue weighted by atomic mass is 9.97. The fraction of sp³-hybridized carbons (Fsp3) is 0.308. The summed E-state index contributed by atoms with van der Waals surface area (Å²) >= 11 is 3.20. The van der Waals surface area contributed by atoms with Crippen LogP contribution in [-0.2, 0) is 9.53 Å². The van der Waals surface area contributed by atoms with E-state index in [0.717, 1.165) is 0 Å². The third-order valence-corrected chi connectivity index (χ3v) is 3.43. The van der Waals surface area contributed by atoms with E-state index >= 15 is 0 Å². The summed E-state index contributed by atoms with van der Waals surface area (Å²) in [6.45, 7) is 3.33. The van der Waals surface area contributed by atoms with Gasteiger partial charge in [-0.3, -0.25) is 4.79 Å². The van der Waals surface area contributed by atoms with Crippen LogP contribution in [0.15, 0.2) is 18.2 Å². The summed E-state index contributed by atoms with van der Waals surface area (Å²) in [7, 11) is 0. The van der Waals surface area contributed by atoms with Crippen molar-refractivity contribution in [1.29, 1.82) is 5.26 Å². The molecule has 1 unspecified atom stereocenters. The molecule has 18 heavy (non-hydrogen) atoms. The predicted molar refractivity (Wildman–Crippen MR) is 69.5 cm³/mol. The number of hydrogen-bond acceptors (Lipinski definition) is 4. The van der Waals surface area contributed by atoms with E-state index in [4.69, 9.17) is 10.00 Å². The smallest absolute Gasteiger partial charge is 0.338 e. The zero-order valence-electron chi connectivity index (χ0n) is 10.1. The second-order valence-corrected chi connectivity index (χ2v) is 4.49. The molecule has 0 bridgehead atoms. The summed E-state index contributed by atoms with van der Waals surface area (Å²) in [6, 6.07) is 6.68. The molecule has 4 nitrogen and oxygen atoms in total. The summed E-state index contributed by atoms with van der Waals surface area (Å²) in [5.74, 6) is -0.710. The molecule has 0 aliphatic carbocycles. The molecule has 0 aliphatic rings. The van der Waals surface area contributed by atoms with E-state index in [9.17, 15) is 9.59 Å². The number of halogens is 1. The van der Waals surface area contributed by atoms with E-state index < -0.39 is 10.8 Å². The van der Waals surface area contributed by atoms with Gasteiger partial charge in [0.05, 0.1) is 28.6 Å². The summed E-state index contributed by atoms with van der Waals surface area (Å²) in [6.07, 6.45) is 0. The van der Waals surface area contributed by atoms with Gasteiger partial charge in [0.2, 0.25) is 0 Å². The van der Waals surface area contributed by atoms with E-state index in [2.05, 4.69) is 15.9 Å². The third kappa shape index (κ3) is 2.96. The van der Waals surface area contributed by atoms with E-state index in [1.807, 2.05) is 6.07 Å². The average molecular weight is 310 g/mol. The van der Waals surface area contributed by atoms with Gasteiger partial charge in [0.25, 0.3) is 0 Å². The first kappa shape index (κ1) is 14.4. The average Bonchev–Trinajstić information content (AvgIpc) is 2.37. The Kier molecular flexibility index (Phi) is 5.05. The number of nitriles is 1. The number of hydrogen-bond donors (Lipinski definition) is 0. The Balaban J connectivity index is 3.39. The van der Waals surface area contributed by atoms with E-state index in [1.165, 1.54) is 6.92 Å². The number of alkyl halides is 1. The van der Waals surface area contributed by atoms with Crippen molar-refractivity contribution in [1.82, 2.24) is 0 Å². The van der Waals surface area contributed by atoms with Crippen molar-refractivity contribution in [2.75, 3.05) is 6.61 Å². The van der Waals surface area contributed by atoms with Gasteiger partial charge >= 0.3 is 5.97 Å². The standard InChI is InChI=1S/C13H12BrNO3/c1-3-18-13(17)10-6-4-5-9(7-15)11(10)12(14)8(2)16/h4-6,12H,3H2,1-2H3. The van der Waals surface area contributed by atoms with Crippen LogP contribution in [0.4, 0.5) is 0 Å². The molecular weight excluding hydrogens is 298 g/mol. The number of nitrogens with zero attached hydrogens (tertiary/aromatic N) is 1. The molecule has 1 aromatic carbocycles. The maximum absolute atomic E-state index is 11.8. The molecule has 0 spiro atoms. The van der Waals surface area contributed by atoms with Crippen LogP contribution < -0.4 is 0 Å². The quantitative estimate of drug-likeness (QED) is 0.633. The van der Waals surface area contributed by atoms with Gasteiger partial charge in [0.1, 0.15) is 5.78 Å². The Hall–Kier alpha value is -1.67. The lowest BCUT2D eigenvalue weighted by Crippen LogP contribution is -2.13. The van der Waals surface area contributed by atoms with E-state index in [1.54, 1.807) is 25.1 Å². The van der Waals surface area contributed by atoms with E-state index in [0.29, 0.717) is 5.56 Å². The number of benzene rings is 1. The molecule has 0 heterocycles. The Morgan fingerprint density at radius 3 is 2.67 bits per heavy atom. The molecule has 0 saturated heterocycles. The van der Waals surface area contributed by atoms with Crippen LogP contribution in [0.2, 0.25) is 0 Å². The fourth-order valence-electron chi connectivity index (χ4n) is 1.53. The zero-order valence-corrected chi connectivity index (χ0v) is 11.7. The molecule has 5 heteroatoms. The lowest BCUT2D eigenvalue weighted by Gasteiger charge is -2.13. The molecule has 0 radical (unpaired) electrons. The Morgan fingerprint density at radius 1 is 1.50 bits per heavy atom. The number of ether oxygens (including phenoxy) is 1. The van der Waals surface area contributed by atoms with Crippen LogP contribution in [0.5, 0.6) is 0 Å². The van der Waals surface area contributed by atoms with Gasteiger partial charge in [-0.05, 0) is 26.0 Å². The second-order valence-electron chi connectivity index (χ2n) is 3.57. The number of Topliss-reactive ketones (excluding diaryl/α,β-unsaturated/α-hetero) is 1. The molecule has 0 aromatic heterocycles. The number of rotatable bonds is 4. The number of carbonyl (C=O) groups is 2. The molecule has 1 atom stereocenters. The first-order chi connectivity index (χ1) is 8.52. The van der Waals surface area contributed by atoms with Crippen molar-refractivity contribution in [3.63, 3.8) is 0 Å². The van der Waals surface area contributed by atoms with Crippen molar-refractivity contribution in [2.45, 2.75) is 18.7 Å². The van der Waals surface area contributed by atoms with Crippen LogP contribution in [0.1, 0.15) is 40.2 Å². The van der Waals surface area contributed by atoms with Crippen LogP contribution in [0, 0.1) is 11.3 Å². The van der Waals surface area contributed by atoms with Crippen LogP contribution in [0.25, 0.3) is 0 Å². The minimum atomic E-state index is -0.687. The van der Waals surface area contributed by atoms with Crippen molar-refractivity contribution < 1.29 is 14.3 Å². The van der Waals surface area contributed by atoms with Crippen molar-refractivity contribution in [3.8, 4) is 6.07 Å². The summed E-state index contributed by atoms with van der Waals surface area (Å²) in [4.78, 5) is 22.5. The number of ketones is 1. The summed E-state index contributed by atoms with van der Waals surface area (Å²) < 4.78 is 4.92. The first-order valence-electron chi connectivity index (χ1n) is 5.37. The Labute approximate surface area is 114 Å². The third-order valence-electron chi connectivity index (χ3n) is 2.33. The largest absolute Gasteiger partial charge is 0.462 e. The highest BCUT2D eigenvalue weighted by molar-refractivity contribution is 9.09. The molecule has 0 fully saturated rings. The monoisotopic (exact) mass is 309 g/mol. The molecule has 1 rings (SSSR count). The normalized spacial score (nSPS) is 11.4. The van der Waals surface area contributed by atoms with Crippen LogP contribution >= 0.6 is 15.9 Å². The Morgan fingerprint density at radius 2 is 2.17 bits per heavy atom. The van der Waals surface area contributed by atoms with Gasteiger partial charge in [-0.25, -0.2) is 4.79 Å². The van der Waals surface area contributed by atoms with Gasteiger partial charge in [-0.1, -0.05) is 22.0 Å². The molecule has 0 saturated carbocycles. The highest BCUT2D eigenvalue weighted by Gasteiger charge is 2.24. The zero-order chi connectivity index (χ0) is 13.7. The molecule has 1 aromatic rings. The van der Waals surface area contributed by atoms with Gasteiger partial charge in [0, 0.05) is 5.56 Å². The lowest BCUT2D eigenvalue weighted by molar-refractivity contribution is -0.116. The minimum Gasteiger partial charge on any atom is -0.462 e. The molecule has 0 aliphatic heterocycles. The first-order valence-corrected chi connectivity index (χ1v) is 6.29. The van der Waals surface area contributed by atoms with Crippen LogP contribution in [-0.4, -0.2) is 18.4 Å². The van der Waals surface area contributed by atoms with Gasteiger partial charge < -0.3 is 4.74 Å². The SMILES string of the molecule is CCOC(=O)c1cccc(C#N)c1C(Br)C(C)=O. The highest BCUT2D eigenvalue weighted by atomic mass is 79.9. The summed E-state index contributed by atoms with van der Waals surface area (Å²) in [5, 5.41) is 9.05. The maximum Gasteiger partial charge on any atom is 0.338 e. The van der Waals surface area contributed by atoms with Crippen molar-refractivity contribution in [3.05, 3.63) is 34.9 Å². The number of carbonyl (C=O) groups excluding carboxylic acids is 2. The molecular formula is C13H12BrNO3.